The maximum Gasteiger partial charge on any atom is 0.328 e. The summed E-state index contributed by atoms with van der Waals surface area (Å²) < 4.78 is 3.48. The fourth-order valence-electron chi connectivity index (χ4n) is 2.40. The highest BCUT2D eigenvalue weighted by Crippen LogP contribution is 2.23. The summed E-state index contributed by atoms with van der Waals surface area (Å²) in [5, 5.41) is 18.6. The first-order chi connectivity index (χ1) is 10.1. The lowest BCUT2D eigenvalue weighted by Crippen LogP contribution is -2.05. The fourth-order valence-corrected chi connectivity index (χ4v) is 2.40. The van der Waals surface area contributed by atoms with E-state index in [1.54, 1.807) is 21.6 Å². The zero-order valence-corrected chi connectivity index (χ0v) is 11.7. The Balaban J connectivity index is 2.25. The number of hydrogen-bond acceptors (Lipinski definition) is 3. The van der Waals surface area contributed by atoms with Crippen molar-refractivity contribution in [2.45, 2.75) is 6.92 Å². The van der Waals surface area contributed by atoms with Gasteiger partial charge in [-0.25, -0.2) is 9.48 Å². The van der Waals surface area contributed by atoms with Crippen molar-refractivity contribution in [3.63, 3.8) is 0 Å². The van der Waals surface area contributed by atoms with Gasteiger partial charge < -0.3 is 5.11 Å². The number of para-hydroxylation sites is 1. The Morgan fingerprint density at radius 2 is 2.10 bits per heavy atom. The third-order valence-electron chi connectivity index (χ3n) is 3.31. The number of hydrogen-bond donors (Lipinski definition) is 1. The monoisotopic (exact) mass is 282 g/mol. The number of nitrogens with zero attached hydrogens (tertiary/aromatic N) is 4. The Morgan fingerprint density at radius 1 is 1.33 bits per heavy atom. The van der Waals surface area contributed by atoms with E-state index in [-0.39, 0.29) is 0 Å². The zero-order chi connectivity index (χ0) is 15.0. The summed E-state index contributed by atoms with van der Waals surface area (Å²) in [6.45, 7) is 1.84. The molecule has 21 heavy (non-hydrogen) atoms. The van der Waals surface area contributed by atoms with E-state index in [0.29, 0.717) is 0 Å². The van der Waals surface area contributed by atoms with E-state index < -0.39 is 5.97 Å². The summed E-state index contributed by atoms with van der Waals surface area (Å²) in [7, 11) is 1.82. The molecule has 2 heterocycles. The van der Waals surface area contributed by atoms with Crippen LogP contribution in [-0.4, -0.2) is 30.6 Å². The van der Waals surface area contributed by atoms with E-state index in [1.807, 2.05) is 38.2 Å². The van der Waals surface area contributed by atoms with E-state index in [9.17, 15) is 4.79 Å². The highest BCUT2D eigenvalue weighted by molar-refractivity contribution is 5.87. The molecule has 0 amide bonds. The van der Waals surface area contributed by atoms with Gasteiger partial charge in [0, 0.05) is 24.1 Å². The second kappa shape index (κ2) is 4.90. The molecule has 0 radical (unpaired) electrons. The van der Waals surface area contributed by atoms with Gasteiger partial charge in [0.15, 0.2) is 5.82 Å². The number of aliphatic carboxylic acids is 1. The van der Waals surface area contributed by atoms with E-state index in [2.05, 4.69) is 10.2 Å². The molecule has 0 spiro atoms. The smallest absolute Gasteiger partial charge is 0.328 e. The van der Waals surface area contributed by atoms with Crippen LogP contribution in [0, 0.1) is 6.92 Å². The molecule has 1 N–H and O–H groups in total. The van der Waals surface area contributed by atoms with Gasteiger partial charge in [0.1, 0.15) is 0 Å². The van der Waals surface area contributed by atoms with Crippen LogP contribution in [0.2, 0.25) is 0 Å². The molecule has 6 nitrogen and oxygen atoms in total. The average molecular weight is 282 g/mol. The average Bonchev–Trinajstić information content (AvgIpc) is 2.97. The minimum atomic E-state index is -0.991. The second-order valence-corrected chi connectivity index (χ2v) is 4.73. The summed E-state index contributed by atoms with van der Waals surface area (Å²) in [4.78, 5) is 10.8. The normalized spacial score (nSPS) is 11.5. The van der Waals surface area contributed by atoms with Gasteiger partial charge in [0.2, 0.25) is 0 Å². The summed E-state index contributed by atoms with van der Waals surface area (Å²) in [5.74, 6) is -0.249. The molecule has 0 fully saturated rings. The lowest BCUT2D eigenvalue weighted by atomic mass is 10.2. The minimum Gasteiger partial charge on any atom is -0.478 e. The van der Waals surface area contributed by atoms with Crippen molar-refractivity contribution in [1.29, 1.82) is 0 Å². The third kappa shape index (κ3) is 2.20. The number of rotatable bonds is 3. The largest absolute Gasteiger partial charge is 0.478 e. The van der Waals surface area contributed by atoms with Crippen LogP contribution in [0.5, 0.6) is 0 Å². The van der Waals surface area contributed by atoms with Crippen LogP contribution >= 0.6 is 0 Å². The van der Waals surface area contributed by atoms with Crippen molar-refractivity contribution < 1.29 is 9.90 Å². The van der Waals surface area contributed by atoms with Crippen molar-refractivity contribution >= 4 is 22.9 Å². The Bertz CT molecular complexity index is 858. The van der Waals surface area contributed by atoms with Gasteiger partial charge in [-0.1, -0.05) is 18.2 Å². The topological polar surface area (TPSA) is 72.9 Å². The van der Waals surface area contributed by atoms with Crippen molar-refractivity contribution in [2.24, 2.45) is 7.05 Å². The molecular weight excluding hydrogens is 268 g/mol. The number of carbonyl (C=O) groups is 1. The molecule has 106 valence electrons. The number of benzene rings is 1. The van der Waals surface area contributed by atoms with Gasteiger partial charge in [-0.3, -0.25) is 4.68 Å². The summed E-state index contributed by atoms with van der Waals surface area (Å²) >= 11 is 0. The first-order valence-corrected chi connectivity index (χ1v) is 6.45. The number of aryl methyl sites for hydroxylation is 2. The summed E-state index contributed by atoms with van der Waals surface area (Å²) in [6.07, 6.45) is 4.44. The standard InChI is InChI=1S/C15H14N4O2/c1-10-12(7-8-14(20)21)15(18(2)17-10)19-13-6-4-3-5-11(13)9-16-19/h3-9H,1-2H3,(H,20,21)/b8-7+. The molecule has 3 aromatic rings. The van der Waals surface area contributed by atoms with Crippen molar-refractivity contribution in [3.05, 3.63) is 47.8 Å². The van der Waals surface area contributed by atoms with Gasteiger partial charge in [-0.2, -0.15) is 10.2 Å². The van der Waals surface area contributed by atoms with E-state index in [4.69, 9.17) is 5.11 Å². The fraction of sp³-hybridized carbons (Fsp3) is 0.133. The molecule has 0 unspecified atom stereocenters. The first kappa shape index (κ1) is 13.1. The highest BCUT2D eigenvalue weighted by atomic mass is 16.4. The number of carboxylic acids is 1. The molecule has 0 saturated carbocycles. The lowest BCUT2D eigenvalue weighted by molar-refractivity contribution is -0.131. The second-order valence-electron chi connectivity index (χ2n) is 4.73. The van der Waals surface area contributed by atoms with Crippen molar-refractivity contribution in [1.82, 2.24) is 19.6 Å². The molecule has 0 saturated heterocycles. The van der Waals surface area contributed by atoms with Crippen LogP contribution in [-0.2, 0) is 11.8 Å². The zero-order valence-electron chi connectivity index (χ0n) is 11.7. The van der Waals surface area contributed by atoms with Crippen LogP contribution < -0.4 is 0 Å². The van der Waals surface area contributed by atoms with E-state index in [1.165, 1.54) is 0 Å². The van der Waals surface area contributed by atoms with Crippen LogP contribution in [0.15, 0.2) is 36.5 Å². The molecule has 1 aromatic carbocycles. The van der Waals surface area contributed by atoms with Gasteiger partial charge >= 0.3 is 5.97 Å². The predicted octanol–water partition coefficient (Wildman–Crippen LogP) is 2.17. The minimum absolute atomic E-state index is 0.742. The Kier molecular flexibility index (Phi) is 3.06. The molecule has 0 bridgehead atoms. The summed E-state index contributed by atoms with van der Waals surface area (Å²) in [6, 6.07) is 7.84. The van der Waals surface area contributed by atoms with Gasteiger partial charge in [0.05, 0.1) is 17.4 Å². The maximum absolute atomic E-state index is 10.8. The first-order valence-electron chi connectivity index (χ1n) is 6.45. The SMILES string of the molecule is Cc1nn(C)c(-n2ncc3ccccc32)c1/C=C/C(=O)O. The lowest BCUT2D eigenvalue weighted by Gasteiger charge is -2.05. The molecular formula is C15H14N4O2. The van der Waals surface area contributed by atoms with Crippen LogP contribution in [0.25, 0.3) is 22.8 Å². The molecule has 0 aliphatic carbocycles. The van der Waals surface area contributed by atoms with Gasteiger partial charge in [-0.15, -0.1) is 0 Å². The molecule has 3 rings (SSSR count). The van der Waals surface area contributed by atoms with Gasteiger partial charge in [0.25, 0.3) is 0 Å². The van der Waals surface area contributed by atoms with Gasteiger partial charge in [-0.05, 0) is 19.1 Å². The Labute approximate surface area is 120 Å². The van der Waals surface area contributed by atoms with Crippen molar-refractivity contribution in [3.8, 4) is 5.82 Å². The predicted molar refractivity (Wildman–Crippen MR) is 79.2 cm³/mol. The third-order valence-corrected chi connectivity index (χ3v) is 3.31. The molecule has 6 heteroatoms. The number of aromatic nitrogens is 4. The molecule has 0 atom stereocenters. The van der Waals surface area contributed by atoms with E-state index in [0.717, 1.165) is 34.1 Å². The quantitative estimate of drug-likeness (QED) is 0.747. The van der Waals surface area contributed by atoms with E-state index >= 15 is 0 Å². The van der Waals surface area contributed by atoms with Crippen LogP contribution in [0.1, 0.15) is 11.3 Å². The van der Waals surface area contributed by atoms with Crippen molar-refractivity contribution in [2.75, 3.05) is 0 Å². The Hall–Kier alpha value is -2.89. The number of carboxylic acid groups (broad SMARTS) is 1. The highest BCUT2D eigenvalue weighted by Gasteiger charge is 2.15. The Morgan fingerprint density at radius 3 is 2.86 bits per heavy atom. The number of fused-ring (bicyclic) bond motifs is 1. The molecule has 2 aromatic heterocycles. The van der Waals surface area contributed by atoms with Crippen LogP contribution in [0.3, 0.4) is 0 Å². The molecule has 0 aliphatic heterocycles. The maximum atomic E-state index is 10.8. The molecule has 0 aliphatic rings. The van der Waals surface area contributed by atoms with Crippen LogP contribution in [0.4, 0.5) is 0 Å². The summed E-state index contributed by atoms with van der Waals surface area (Å²) in [5.41, 5.74) is 2.45.